The summed E-state index contributed by atoms with van der Waals surface area (Å²) in [4.78, 5) is 12.2. The molecule has 7 heteroatoms. The van der Waals surface area contributed by atoms with Crippen molar-refractivity contribution in [2.75, 3.05) is 18.1 Å². The number of fused-ring (bicyclic) bond motifs is 1. The molecule has 0 unspecified atom stereocenters. The van der Waals surface area contributed by atoms with Crippen molar-refractivity contribution in [3.05, 3.63) is 23.3 Å². The lowest BCUT2D eigenvalue weighted by atomic mass is 10.0. The first-order valence-electron chi connectivity index (χ1n) is 8.78. The summed E-state index contributed by atoms with van der Waals surface area (Å²) in [6.45, 7) is 4.85. The molecule has 0 bridgehead atoms. The largest absolute Gasteiger partial charge is 0.494 e. The molecule has 0 radical (unpaired) electrons. The van der Waals surface area contributed by atoms with Gasteiger partial charge < -0.3 is 14.8 Å². The Morgan fingerprint density at radius 1 is 1.40 bits per heavy atom. The van der Waals surface area contributed by atoms with Gasteiger partial charge in [-0.2, -0.15) is 0 Å². The molecule has 0 saturated carbocycles. The van der Waals surface area contributed by atoms with Gasteiger partial charge in [0.1, 0.15) is 17.6 Å². The van der Waals surface area contributed by atoms with Gasteiger partial charge in [-0.15, -0.1) is 0 Å². The highest BCUT2D eigenvalue weighted by atomic mass is 32.2. The number of sulfone groups is 1. The van der Waals surface area contributed by atoms with Crippen molar-refractivity contribution in [2.45, 2.75) is 45.8 Å². The molecule has 1 fully saturated rings. The number of hydrogen-bond acceptors (Lipinski definition) is 5. The molecule has 3 rings (SSSR count). The van der Waals surface area contributed by atoms with Gasteiger partial charge in [0, 0.05) is 30.5 Å². The van der Waals surface area contributed by atoms with Gasteiger partial charge in [-0.3, -0.25) is 4.79 Å². The van der Waals surface area contributed by atoms with Crippen molar-refractivity contribution in [2.24, 2.45) is 5.92 Å². The lowest BCUT2D eigenvalue weighted by Crippen LogP contribution is -2.25. The van der Waals surface area contributed by atoms with Gasteiger partial charge >= 0.3 is 0 Å². The van der Waals surface area contributed by atoms with E-state index in [0.717, 1.165) is 29.0 Å². The van der Waals surface area contributed by atoms with Crippen molar-refractivity contribution in [1.82, 2.24) is 5.32 Å². The van der Waals surface area contributed by atoms with E-state index in [2.05, 4.69) is 5.32 Å². The minimum absolute atomic E-state index is 0.0689. The third-order valence-electron chi connectivity index (χ3n) is 4.66. The standard InChI is InChI=1S/C18H25NO5S/c1-3-23-16-8-14-6-12(2)24-17(14)9-15(16)10-19-18(20)7-13-4-5-25(21,22)11-13/h8-9,12-13H,3-7,10-11H2,1-2H3,(H,19,20)/t12-,13+/m1/s1. The van der Waals surface area contributed by atoms with Crippen molar-refractivity contribution < 1.29 is 22.7 Å². The fraction of sp³-hybridized carbons (Fsp3) is 0.611. The van der Waals surface area contributed by atoms with Crippen LogP contribution < -0.4 is 14.8 Å². The number of ether oxygens (including phenoxy) is 2. The quantitative estimate of drug-likeness (QED) is 0.830. The maximum Gasteiger partial charge on any atom is 0.220 e. The highest BCUT2D eigenvalue weighted by Gasteiger charge is 2.29. The SMILES string of the molecule is CCOc1cc2c(cc1CNC(=O)C[C@@H]1CCS(=O)(=O)C1)O[C@H](C)C2. The van der Waals surface area contributed by atoms with Gasteiger partial charge in [0.25, 0.3) is 0 Å². The van der Waals surface area contributed by atoms with E-state index in [4.69, 9.17) is 9.47 Å². The molecule has 0 spiro atoms. The second-order valence-electron chi connectivity index (χ2n) is 6.88. The molecule has 2 heterocycles. The number of amides is 1. The normalized spacial score (nSPS) is 23.8. The van der Waals surface area contributed by atoms with Crippen LogP contribution in [0, 0.1) is 5.92 Å². The Morgan fingerprint density at radius 2 is 2.20 bits per heavy atom. The Balaban J connectivity index is 1.62. The maximum absolute atomic E-state index is 12.2. The minimum atomic E-state index is -2.95. The molecule has 1 N–H and O–H groups in total. The number of nitrogens with one attached hydrogen (secondary N) is 1. The fourth-order valence-corrected chi connectivity index (χ4v) is 5.33. The van der Waals surface area contributed by atoms with Crippen LogP contribution in [0.5, 0.6) is 11.5 Å². The summed E-state index contributed by atoms with van der Waals surface area (Å²) in [6, 6.07) is 3.93. The lowest BCUT2D eigenvalue weighted by Gasteiger charge is -2.14. The smallest absolute Gasteiger partial charge is 0.220 e. The van der Waals surface area contributed by atoms with Crippen molar-refractivity contribution in [3.63, 3.8) is 0 Å². The molecule has 1 amide bonds. The predicted octanol–water partition coefficient (Wildman–Crippen LogP) is 1.85. The molecule has 1 aromatic carbocycles. The second-order valence-corrected chi connectivity index (χ2v) is 9.11. The third-order valence-corrected chi connectivity index (χ3v) is 6.49. The molecule has 138 valence electrons. The molecule has 2 aliphatic rings. The van der Waals surface area contributed by atoms with Crippen molar-refractivity contribution in [3.8, 4) is 11.5 Å². The van der Waals surface area contributed by atoms with Gasteiger partial charge in [0.15, 0.2) is 9.84 Å². The van der Waals surface area contributed by atoms with E-state index in [0.29, 0.717) is 19.6 Å². The topological polar surface area (TPSA) is 81.7 Å². The summed E-state index contributed by atoms with van der Waals surface area (Å²) < 4.78 is 34.5. The Bertz CT molecular complexity index is 759. The van der Waals surface area contributed by atoms with Crippen LogP contribution in [0.2, 0.25) is 0 Å². The van der Waals surface area contributed by atoms with Crippen LogP contribution >= 0.6 is 0 Å². The number of benzene rings is 1. The maximum atomic E-state index is 12.2. The summed E-state index contributed by atoms with van der Waals surface area (Å²) in [5, 5.41) is 2.89. The van der Waals surface area contributed by atoms with E-state index >= 15 is 0 Å². The summed E-state index contributed by atoms with van der Waals surface area (Å²) in [5.74, 6) is 1.74. The van der Waals surface area contributed by atoms with Gasteiger partial charge in [-0.25, -0.2) is 8.42 Å². The first kappa shape index (κ1) is 18.0. The number of hydrogen-bond donors (Lipinski definition) is 1. The summed E-state index contributed by atoms with van der Waals surface area (Å²) in [5.41, 5.74) is 2.00. The lowest BCUT2D eigenvalue weighted by molar-refractivity contribution is -0.122. The van der Waals surface area contributed by atoms with E-state index in [1.807, 2.05) is 26.0 Å². The van der Waals surface area contributed by atoms with Gasteiger partial charge in [0.05, 0.1) is 18.1 Å². The van der Waals surface area contributed by atoms with Crippen molar-refractivity contribution in [1.29, 1.82) is 0 Å². The van der Waals surface area contributed by atoms with Crippen LogP contribution in [0.1, 0.15) is 37.8 Å². The Morgan fingerprint density at radius 3 is 2.88 bits per heavy atom. The van der Waals surface area contributed by atoms with Crippen LogP contribution in [-0.2, 0) is 27.6 Å². The summed E-state index contributed by atoms with van der Waals surface area (Å²) in [6.07, 6.45) is 1.84. The zero-order valence-corrected chi connectivity index (χ0v) is 15.5. The number of rotatable bonds is 6. The first-order chi connectivity index (χ1) is 11.9. The van der Waals surface area contributed by atoms with E-state index in [1.54, 1.807) is 0 Å². The first-order valence-corrected chi connectivity index (χ1v) is 10.6. The van der Waals surface area contributed by atoms with Gasteiger partial charge in [0.2, 0.25) is 5.91 Å². The molecular formula is C18H25NO5S. The summed E-state index contributed by atoms with van der Waals surface area (Å²) in [7, 11) is -2.95. The Hall–Kier alpha value is -1.76. The molecule has 2 atom stereocenters. The van der Waals surface area contributed by atoms with E-state index in [-0.39, 0.29) is 35.9 Å². The van der Waals surface area contributed by atoms with Gasteiger partial charge in [-0.1, -0.05) is 0 Å². The average molecular weight is 367 g/mol. The molecule has 0 aromatic heterocycles. The van der Waals surface area contributed by atoms with Crippen LogP contribution in [0.15, 0.2) is 12.1 Å². The van der Waals surface area contributed by atoms with Gasteiger partial charge in [-0.05, 0) is 38.3 Å². The van der Waals surface area contributed by atoms with Crippen molar-refractivity contribution >= 4 is 15.7 Å². The zero-order valence-electron chi connectivity index (χ0n) is 14.7. The van der Waals surface area contributed by atoms with Crippen LogP contribution in [0.3, 0.4) is 0 Å². The fourth-order valence-electron chi connectivity index (χ4n) is 3.47. The second kappa shape index (κ2) is 7.23. The molecule has 1 saturated heterocycles. The highest BCUT2D eigenvalue weighted by molar-refractivity contribution is 7.91. The highest BCUT2D eigenvalue weighted by Crippen LogP contribution is 2.35. The Kier molecular flexibility index (Phi) is 5.22. The zero-order chi connectivity index (χ0) is 18.0. The molecule has 6 nitrogen and oxygen atoms in total. The van der Waals surface area contributed by atoms with Crippen LogP contribution in [0.4, 0.5) is 0 Å². The number of carbonyl (C=O) groups excluding carboxylic acids is 1. The summed E-state index contributed by atoms with van der Waals surface area (Å²) >= 11 is 0. The number of carbonyl (C=O) groups is 1. The molecule has 2 aliphatic heterocycles. The predicted molar refractivity (Wildman–Crippen MR) is 94.6 cm³/mol. The van der Waals surface area contributed by atoms with E-state index in [1.165, 1.54) is 0 Å². The van der Waals surface area contributed by atoms with E-state index < -0.39 is 9.84 Å². The third kappa shape index (κ3) is 4.45. The van der Waals surface area contributed by atoms with Crippen LogP contribution in [0.25, 0.3) is 0 Å². The molecular weight excluding hydrogens is 342 g/mol. The monoisotopic (exact) mass is 367 g/mol. The molecule has 1 aromatic rings. The molecule has 25 heavy (non-hydrogen) atoms. The average Bonchev–Trinajstić information content (AvgIpc) is 3.05. The van der Waals surface area contributed by atoms with E-state index in [9.17, 15) is 13.2 Å². The van der Waals surface area contributed by atoms with Crippen LogP contribution in [-0.4, -0.2) is 38.5 Å². The Labute approximate surface area is 148 Å². The minimum Gasteiger partial charge on any atom is -0.494 e. The molecule has 0 aliphatic carbocycles.